The number of hydrogen-bond acceptors (Lipinski definition) is 4. The minimum absolute atomic E-state index is 0.0838. The Morgan fingerprint density at radius 3 is 2.57 bits per heavy atom. The highest BCUT2D eigenvalue weighted by molar-refractivity contribution is 7.99. The average Bonchev–Trinajstić information content (AvgIpc) is 2.49. The molecule has 0 unspecified atom stereocenters. The molecule has 0 amide bonds. The van der Waals surface area contributed by atoms with Gasteiger partial charge in [-0.15, -0.1) is 0 Å². The highest BCUT2D eigenvalue weighted by Gasteiger charge is 2.19. The summed E-state index contributed by atoms with van der Waals surface area (Å²) in [7, 11) is 0. The normalized spacial score (nSPS) is 10.7. The second-order valence-corrected chi connectivity index (χ2v) is 5.85. The summed E-state index contributed by atoms with van der Waals surface area (Å²) in [4.78, 5) is 16.7. The zero-order valence-electron chi connectivity index (χ0n) is 10.7. The summed E-state index contributed by atoms with van der Waals surface area (Å²) in [6, 6.07) is 14.1. The van der Waals surface area contributed by atoms with Crippen LogP contribution in [-0.2, 0) is 0 Å². The van der Waals surface area contributed by atoms with Crippen LogP contribution in [-0.4, -0.2) is 9.91 Å². The van der Waals surface area contributed by atoms with Gasteiger partial charge in [-0.3, -0.25) is 15.1 Å². The van der Waals surface area contributed by atoms with Crippen LogP contribution in [0.4, 0.5) is 5.69 Å². The monoisotopic (exact) mass is 316 g/mol. The van der Waals surface area contributed by atoms with Gasteiger partial charge in [-0.05, 0) is 48.5 Å². The average molecular weight is 317 g/mol. The number of rotatable bonds is 3. The fourth-order valence-electron chi connectivity index (χ4n) is 2.02. The predicted octanol–water partition coefficient (Wildman–Crippen LogP) is 4.95. The number of fused-ring (bicyclic) bond motifs is 1. The van der Waals surface area contributed by atoms with E-state index in [-0.39, 0.29) is 10.6 Å². The van der Waals surface area contributed by atoms with Crippen molar-refractivity contribution in [3.63, 3.8) is 0 Å². The lowest BCUT2D eigenvalue weighted by molar-refractivity contribution is -0.385. The molecule has 0 saturated carbocycles. The first kappa shape index (κ1) is 13.9. The molecule has 104 valence electrons. The van der Waals surface area contributed by atoms with Gasteiger partial charge in [0, 0.05) is 16.1 Å². The number of nitro groups is 1. The lowest BCUT2D eigenvalue weighted by Gasteiger charge is -2.06. The topological polar surface area (TPSA) is 56.0 Å². The standard InChI is InChI=1S/C15H9ClN2O2S/c16-10-3-5-11(6-4-10)21-14-8-7-13-12(2-1-9-17-13)15(14)18(19)20/h1-9H. The van der Waals surface area contributed by atoms with Crippen LogP contribution in [0.2, 0.25) is 5.02 Å². The number of nitro benzene ring substituents is 1. The van der Waals surface area contributed by atoms with Gasteiger partial charge >= 0.3 is 0 Å². The van der Waals surface area contributed by atoms with E-state index in [1.54, 1.807) is 42.6 Å². The third-order valence-corrected chi connectivity index (χ3v) is 4.25. The molecule has 0 fully saturated rings. The highest BCUT2D eigenvalue weighted by Crippen LogP contribution is 2.39. The molecule has 0 atom stereocenters. The molecule has 0 spiro atoms. The van der Waals surface area contributed by atoms with Gasteiger partial charge in [0.25, 0.3) is 5.69 Å². The van der Waals surface area contributed by atoms with Crippen LogP contribution in [0.15, 0.2) is 64.5 Å². The van der Waals surface area contributed by atoms with Crippen molar-refractivity contribution in [2.45, 2.75) is 9.79 Å². The van der Waals surface area contributed by atoms with Crippen LogP contribution < -0.4 is 0 Å². The predicted molar refractivity (Wildman–Crippen MR) is 84.0 cm³/mol. The summed E-state index contributed by atoms with van der Waals surface area (Å²) in [6.45, 7) is 0. The number of nitrogens with zero attached hydrogens (tertiary/aromatic N) is 2. The van der Waals surface area contributed by atoms with Gasteiger partial charge in [-0.25, -0.2) is 0 Å². The molecule has 0 saturated heterocycles. The van der Waals surface area contributed by atoms with Crippen LogP contribution in [0.3, 0.4) is 0 Å². The third-order valence-electron chi connectivity index (χ3n) is 2.94. The first-order valence-electron chi connectivity index (χ1n) is 6.11. The maximum Gasteiger partial charge on any atom is 0.292 e. The molecule has 3 aromatic rings. The van der Waals surface area contributed by atoms with Gasteiger partial charge in [-0.2, -0.15) is 0 Å². The number of benzene rings is 2. The maximum atomic E-state index is 11.4. The van der Waals surface area contributed by atoms with E-state index in [1.165, 1.54) is 11.8 Å². The summed E-state index contributed by atoms with van der Waals surface area (Å²) < 4.78 is 0. The quantitative estimate of drug-likeness (QED) is 0.507. The lowest BCUT2D eigenvalue weighted by atomic mass is 10.2. The molecule has 1 aromatic heterocycles. The van der Waals surface area contributed by atoms with Crippen molar-refractivity contribution in [2.75, 3.05) is 0 Å². The first-order chi connectivity index (χ1) is 10.1. The fourth-order valence-corrected chi connectivity index (χ4v) is 3.09. The Kier molecular flexibility index (Phi) is 3.77. The Morgan fingerprint density at radius 2 is 1.86 bits per heavy atom. The van der Waals surface area contributed by atoms with E-state index in [9.17, 15) is 10.1 Å². The summed E-state index contributed by atoms with van der Waals surface area (Å²) in [5.41, 5.74) is 0.699. The molecule has 1 heterocycles. The summed E-state index contributed by atoms with van der Waals surface area (Å²) in [5, 5.41) is 12.6. The van der Waals surface area contributed by atoms with Crippen LogP contribution in [0.1, 0.15) is 0 Å². The van der Waals surface area contributed by atoms with Crippen LogP contribution in [0.5, 0.6) is 0 Å². The van der Waals surface area contributed by atoms with Gasteiger partial charge in [0.05, 0.1) is 20.7 Å². The van der Waals surface area contributed by atoms with E-state index in [0.29, 0.717) is 20.8 Å². The van der Waals surface area contributed by atoms with Crippen molar-refractivity contribution in [2.24, 2.45) is 0 Å². The van der Waals surface area contributed by atoms with E-state index in [1.807, 2.05) is 12.1 Å². The molecule has 0 radical (unpaired) electrons. The lowest BCUT2D eigenvalue weighted by Crippen LogP contribution is -1.93. The maximum absolute atomic E-state index is 11.4. The number of pyridine rings is 1. The van der Waals surface area contributed by atoms with E-state index < -0.39 is 0 Å². The second kappa shape index (κ2) is 5.71. The SMILES string of the molecule is O=[N+]([O-])c1c(Sc2ccc(Cl)cc2)ccc2ncccc12. The van der Waals surface area contributed by atoms with Crippen molar-refractivity contribution in [3.05, 3.63) is 69.9 Å². The smallest absolute Gasteiger partial charge is 0.258 e. The third kappa shape index (κ3) is 2.84. The highest BCUT2D eigenvalue weighted by atomic mass is 35.5. The Bertz CT molecular complexity index is 822. The van der Waals surface area contributed by atoms with Crippen LogP contribution in [0, 0.1) is 10.1 Å². The van der Waals surface area contributed by atoms with Gasteiger partial charge < -0.3 is 0 Å². The molecule has 0 bridgehead atoms. The molecule has 3 rings (SSSR count). The molecule has 4 nitrogen and oxygen atoms in total. The van der Waals surface area contributed by atoms with Crippen LogP contribution in [0.25, 0.3) is 10.9 Å². The number of halogens is 1. The Balaban J connectivity index is 2.11. The summed E-state index contributed by atoms with van der Waals surface area (Å²) in [6.07, 6.45) is 1.62. The second-order valence-electron chi connectivity index (χ2n) is 4.30. The molecule has 2 aromatic carbocycles. The molecule has 0 aliphatic rings. The van der Waals surface area contributed by atoms with E-state index in [0.717, 1.165) is 4.90 Å². The number of aromatic nitrogens is 1. The molecule has 21 heavy (non-hydrogen) atoms. The van der Waals surface area contributed by atoms with Gasteiger partial charge in [0.1, 0.15) is 0 Å². The van der Waals surface area contributed by atoms with Gasteiger partial charge in [-0.1, -0.05) is 23.4 Å². The largest absolute Gasteiger partial charge is 0.292 e. The first-order valence-corrected chi connectivity index (χ1v) is 7.30. The molecule has 6 heteroatoms. The van der Waals surface area contributed by atoms with Gasteiger partial charge in [0.15, 0.2) is 0 Å². The summed E-state index contributed by atoms with van der Waals surface area (Å²) >= 11 is 7.19. The summed E-state index contributed by atoms with van der Waals surface area (Å²) in [5.74, 6) is 0. The van der Waals surface area contributed by atoms with Gasteiger partial charge in [0.2, 0.25) is 0 Å². The zero-order valence-corrected chi connectivity index (χ0v) is 12.3. The van der Waals surface area contributed by atoms with Crippen molar-refractivity contribution < 1.29 is 4.92 Å². The molecule has 0 aliphatic carbocycles. The molecule has 0 aliphatic heterocycles. The Morgan fingerprint density at radius 1 is 1.10 bits per heavy atom. The number of hydrogen-bond donors (Lipinski definition) is 0. The van der Waals surface area contributed by atoms with E-state index in [2.05, 4.69) is 4.98 Å². The minimum Gasteiger partial charge on any atom is -0.258 e. The molecular weight excluding hydrogens is 308 g/mol. The van der Waals surface area contributed by atoms with Crippen molar-refractivity contribution in [3.8, 4) is 0 Å². The van der Waals surface area contributed by atoms with Crippen molar-refractivity contribution >= 4 is 40.0 Å². The molecular formula is C15H9ClN2O2S. The minimum atomic E-state index is -0.359. The fraction of sp³-hybridized carbons (Fsp3) is 0. The van der Waals surface area contributed by atoms with E-state index >= 15 is 0 Å². The van der Waals surface area contributed by atoms with Crippen LogP contribution >= 0.6 is 23.4 Å². The van der Waals surface area contributed by atoms with Crippen molar-refractivity contribution in [1.82, 2.24) is 4.98 Å². The zero-order chi connectivity index (χ0) is 14.8. The van der Waals surface area contributed by atoms with Crippen molar-refractivity contribution in [1.29, 1.82) is 0 Å². The van der Waals surface area contributed by atoms with E-state index in [4.69, 9.17) is 11.6 Å². The Hall–Kier alpha value is -2.11. The molecule has 0 N–H and O–H groups in total. The Labute approximate surface area is 129 Å².